The van der Waals surface area contributed by atoms with Crippen LogP contribution in [0.15, 0.2) is 48.5 Å². The lowest BCUT2D eigenvalue weighted by molar-refractivity contribution is -0.0509. The molecule has 1 heterocycles. The molecule has 0 aromatic heterocycles. The van der Waals surface area contributed by atoms with Gasteiger partial charge in [-0.3, -0.25) is 4.79 Å². The van der Waals surface area contributed by atoms with E-state index in [0.29, 0.717) is 23.4 Å². The number of benzene rings is 2. The number of rotatable bonds is 5. The molecule has 0 bridgehead atoms. The average Bonchev–Trinajstić information content (AvgIpc) is 2.57. The zero-order chi connectivity index (χ0) is 17.1. The molecule has 2 aromatic rings. The summed E-state index contributed by atoms with van der Waals surface area (Å²) in [6.07, 6.45) is 0.201. The van der Waals surface area contributed by atoms with Crippen molar-refractivity contribution >= 4 is 11.6 Å². The maximum atomic E-state index is 12.8. The molecule has 1 unspecified atom stereocenters. The molecule has 0 radical (unpaired) electrons. The maximum absolute atomic E-state index is 12.8. The molecular weight excluding hydrogens is 314 g/mol. The van der Waals surface area contributed by atoms with Crippen molar-refractivity contribution in [2.45, 2.75) is 26.1 Å². The van der Waals surface area contributed by atoms with E-state index in [2.05, 4.69) is 10.1 Å². The summed E-state index contributed by atoms with van der Waals surface area (Å²) in [7, 11) is 0. The number of halogens is 2. The Morgan fingerprint density at radius 3 is 2.62 bits per heavy atom. The Morgan fingerprint density at radius 2 is 1.88 bits per heavy atom. The van der Waals surface area contributed by atoms with Crippen molar-refractivity contribution in [2.24, 2.45) is 0 Å². The lowest BCUT2D eigenvalue weighted by atomic mass is 10.0. The fourth-order valence-corrected chi connectivity index (χ4v) is 2.92. The number of carbonyl (C=O) groups excluding carboxylic acids is 1. The van der Waals surface area contributed by atoms with Crippen LogP contribution < -0.4 is 10.1 Å². The van der Waals surface area contributed by atoms with Gasteiger partial charge in [-0.1, -0.05) is 37.3 Å². The second-order valence-electron chi connectivity index (χ2n) is 5.51. The van der Waals surface area contributed by atoms with E-state index >= 15 is 0 Å². The Kier molecular flexibility index (Phi) is 4.64. The lowest BCUT2D eigenvalue weighted by Gasteiger charge is -2.38. The van der Waals surface area contributed by atoms with Gasteiger partial charge in [-0.25, -0.2) is 0 Å². The summed E-state index contributed by atoms with van der Waals surface area (Å²) in [5.74, 6) is -0.0543. The average molecular weight is 332 g/mol. The molecule has 0 saturated carbocycles. The van der Waals surface area contributed by atoms with Crippen molar-refractivity contribution in [3.63, 3.8) is 0 Å². The third-order valence-corrected chi connectivity index (χ3v) is 3.92. The highest BCUT2D eigenvalue weighted by molar-refractivity contribution is 6.01. The Bertz CT molecular complexity index is 736. The van der Waals surface area contributed by atoms with Crippen LogP contribution in [0.25, 0.3) is 0 Å². The summed E-state index contributed by atoms with van der Waals surface area (Å²) >= 11 is 0. The normalized spacial score (nSPS) is 16.8. The summed E-state index contributed by atoms with van der Waals surface area (Å²) in [6, 6.07) is 13.7. The van der Waals surface area contributed by atoms with Crippen LogP contribution in [0.2, 0.25) is 0 Å². The highest BCUT2D eigenvalue weighted by Gasteiger charge is 2.33. The van der Waals surface area contributed by atoms with Gasteiger partial charge in [0.05, 0.1) is 5.56 Å². The molecule has 0 spiro atoms. The molecule has 3 rings (SSSR count). The lowest BCUT2D eigenvalue weighted by Crippen LogP contribution is -2.43. The molecule has 6 heteroatoms. The molecule has 0 fully saturated rings. The largest absolute Gasteiger partial charge is 0.434 e. The smallest absolute Gasteiger partial charge is 0.387 e. The van der Waals surface area contributed by atoms with E-state index in [1.165, 1.54) is 6.07 Å². The number of anilines is 1. The van der Waals surface area contributed by atoms with Crippen molar-refractivity contribution in [3.05, 3.63) is 59.7 Å². The van der Waals surface area contributed by atoms with Gasteiger partial charge in [-0.2, -0.15) is 8.78 Å². The first-order valence-corrected chi connectivity index (χ1v) is 7.82. The molecule has 0 saturated heterocycles. The van der Waals surface area contributed by atoms with Crippen LogP contribution in [0.1, 0.15) is 35.4 Å². The van der Waals surface area contributed by atoms with E-state index < -0.39 is 12.8 Å². The number of hydrogen-bond donors (Lipinski definition) is 1. The zero-order valence-electron chi connectivity index (χ0n) is 13.2. The number of carbonyl (C=O) groups is 1. The van der Waals surface area contributed by atoms with E-state index in [1.54, 1.807) is 41.3 Å². The quantitative estimate of drug-likeness (QED) is 0.889. The van der Waals surface area contributed by atoms with E-state index in [1.807, 2.05) is 13.0 Å². The second kappa shape index (κ2) is 6.86. The third kappa shape index (κ3) is 3.04. The van der Waals surface area contributed by atoms with Gasteiger partial charge < -0.3 is 15.0 Å². The number of alkyl halides is 2. The fourth-order valence-electron chi connectivity index (χ4n) is 2.92. The SMILES string of the molecule is CCCN1C(=O)c2ccccc2NC1c1ccccc1OC(F)F. The van der Waals surface area contributed by atoms with Gasteiger partial charge >= 0.3 is 6.61 Å². The van der Waals surface area contributed by atoms with Crippen LogP contribution in [0.4, 0.5) is 14.5 Å². The summed E-state index contributed by atoms with van der Waals surface area (Å²) in [5.41, 5.74) is 1.77. The Morgan fingerprint density at radius 1 is 1.17 bits per heavy atom. The van der Waals surface area contributed by atoms with Gasteiger partial charge in [0.2, 0.25) is 0 Å². The number of fused-ring (bicyclic) bond motifs is 1. The van der Waals surface area contributed by atoms with Crippen molar-refractivity contribution in [1.82, 2.24) is 4.90 Å². The first-order valence-electron chi connectivity index (χ1n) is 7.82. The number of hydrogen-bond acceptors (Lipinski definition) is 3. The van der Waals surface area contributed by atoms with Crippen LogP contribution in [-0.4, -0.2) is 24.0 Å². The van der Waals surface area contributed by atoms with Gasteiger partial charge in [0, 0.05) is 17.8 Å². The van der Waals surface area contributed by atoms with Gasteiger partial charge in [0.1, 0.15) is 11.9 Å². The molecule has 1 aliphatic rings. The molecule has 0 aliphatic carbocycles. The number of nitrogens with one attached hydrogen (secondary N) is 1. The molecule has 1 atom stereocenters. The monoisotopic (exact) mass is 332 g/mol. The maximum Gasteiger partial charge on any atom is 0.387 e. The minimum Gasteiger partial charge on any atom is -0.434 e. The molecule has 1 N–H and O–H groups in total. The minimum atomic E-state index is -2.92. The second-order valence-corrected chi connectivity index (χ2v) is 5.51. The number of para-hydroxylation sites is 2. The molecule has 1 aliphatic heterocycles. The topological polar surface area (TPSA) is 41.6 Å². The van der Waals surface area contributed by atoms with Crippen LogP contribution in [0, 0.1) is 0 Å². The van der Waals surface area contributed by atoms with Crippen molar-refractivity contribution < 1.29 is 18.3 Å². The van der Waals surface area contributed by atoms with Crippen molar-refractivity contribution in [2.75, 3.05) is 11.9 Å². The summed E-state index contributed by atoms with van der Waals surface area (Å²) in [6.45, 7) is -0.447. The van der Waals surface area contributed by atoms with E-state index in [4.69, 9.17) is 0 Å². The number of amides is 1. The molecular formula is C18H18F2N2O2. The van der Waals surface area contributed by atoms with Crippen LogP contribution in [0.5, 0.6) is 5.75 Å². The predicted octanol–water partition coefficient (Wildman–Crippen LogP) is 4.26. The molecule has 4 nitrogen and oxygen atoms in total. The summed E-state index contributed by atoms with van der Waals surface area (Å²) < 4.78 is 30.0. The van der Waals surface area contributed by atoms with Crippen LogP contribution in [0.3, 0.4) is 0 Å². The van der Waals surface area contributed by atoms with Crippen molar-refractivity contribution in [3.8, 4) is 5.75 Å². The van der Waals surface area contributed by atoms with E-state index in [0.717, 1.165) is 6.42 Å². The highest BCUT2D eigenvalue weighted by atomic mass is 19.3. The summed E-state index contributed by atoms with van der Waals surface area (Å²) in [4.78, 5) is 14.5. The molecule has 126 valence electrons. The van der Waals surface area contributed by atoms with E-state index in [-0.39, 0.29) is 11.7 Å². The highest BCUT2D eigenvalue weighted by Crippen LogP contribution is 2.37. The van der Waals surface area contributed by atoms with Gasteiger partial charge in [0.25, 0.3) is 5.91 Å². The van der Waals surface area contributed by atoms with Crippen LogP contribution in [-0.2, 0) is 0 Å². The fraction of sp³-hybridized carbons (Fsp3) is 0.278. The first kappa shape index (κ1) is 16.2. The minimum absolute atomic E-state index is 0.0679. The van der Waals surface area contributed by atoms with Crippen LogP contribution >= 0.6 is 0 Å². The summed E-state index contributed by atoms with van der Waals surface area (Å²) in [5, 5.41) is 3.27. The van der Waals surface area contributed by atoms with Gasteiger partial charge in [-0.15, -0.1) is 0 Å². The standard InChI is InChI=1S/C18H18F2N2O2/c1-2-11-22-16(13-8-4-6-10-15(13)24-18(19)20)21-14-9-5-3-7-12(14)17(22)23/h3-10,16,18,21H,2,11H2,1H3. The Hall–Kier alpha value is -2.63. The number of nitrogens with zero attached hydrogens (tertiary/aromatic N) is 1. The molecule has 1 amide bonds. The first-order chi connectivity index (χ1) is 11.6. The Labute approximate surface area is 139 Å². The van der Waals surface area contributed by atoms with E-state index in [9.17, 15) is 13.6 Å². The van der Waals surface area contributed by atoms with Gasteiger partial charge in [0.15, 0.2) is 0 Å². The number of ether oxygens (including phenoxy) is 1. The Balaban J connectivity index is 2.04. The predicted molar refractivity (Wildman–Crippen MR) is 87.2 cm³/mol. The zero-order valence-corrected chi connectivity index (χ0v) is 13.2. The molecule has 2 aromatic carbocycles. The molecule has 24 heavy (non-hydrogen) atoms. The third-order valence-electron chi connectivity index (χ3n) is 3.92. The van der Waals surface area contributed by atoms with Crippen molar-refractivity contribution in [1.29, 1.82) is 0 Å². The van der Waals surface area contributed by atoms with Gasteiger partial charge in [-0.05, 0) is 24.6 Å².